The van der Waals surface area contributed by atoms with Crippen molar-refractivity contribution in [3.63, 3.8) is 0 Å². The molecular weight excluding hydrogens is 678 g/mol. The number of aromatic amines is 2. The Morgan fingerprint density at radius 2 is 1.69 bits per heavy atom. The summed E-state index contributed by atoms with van der Waals surface area (Å²) in [4.78, 5) is 69.4. The van der Waals surface area contributed by atoms with Crippen molar-refractivity contribution in [3.8, 4) is 11.4 Å². The highest BCUT2D eigenvalue weighted by atomic mass is 35.5. The molecule has 268 valence electrons. The van der Waals surface area contributed by atoms with Crippen molar-refractivity contribution in [2.45, 2.75) is 31.7 Å². The molecule has 4 heterocycles. The minimum atomic E-state index is -0.732. The number of nitrogens with one attached hydrogen (secondary N) is 4. The Hall–Kier alpha value is -5.42. The first-order chi connectivity index (χ1) is 25.3. The average Bonchev–Trinajstić information content (AvgIpc) is 3.93. The molecule has 4 N–H and O–H groups in total. The predicted molar refractivity (Wildman–Crippen MR) is 199 cm³/mol. The summed E-state index contributed by atoms with van der Waals surface area (Å²) in [6.45, 7) is 1.34. The number of hydrogen-bond acceptors (Lipinski definition) is 5. The smallest absolute Gasteiger partial charge is 0.271 e. The van der Waals surface area contributed by atoms with Crippen LogP contribution in [0.2, 0.25) is 5.02 Å². The molecule has 11 nitrogen and oxygen atoms in total. The van der Waals surface area contributed by atoms with Gasteiger partial charge < -0.3 is 30.4 Å². The number of likely N-dealkylation sites (tertiary alicyclic amines) is 2. The number of likely N-dealkylation sites (N-methyl/N-ethyl adjacent to an activating group) is 1. The topological polar surface area (TPSA) is 143 Å². The van der Waals surface area contributed by atoms with E-state index in [0.717, 1.165) is 34.0 Å². The van der Waals surface area contributed by atoms with Crippen LogP contribution < -0.4 is 10.6 Å². The van der Waals surface area contributed by atoms with Gasteiger partial charge in [0.2, 0.25) is 17.7 Å². The van der Waals surface area contributed by atoms with E-state index in [-0.39, 0.29) is 48.4 Å². The van der Waals surface area contributed by atoms with Crippen molar-refractivity contribution in [2.75, 3.05) is 33.2 Å². The van der Waals surface area contributed by atoms with E-state index < -0.39 is 12.0 Å². The maximum atomic E-state index is 14.2. The molecule has 4 amide bonds. The fraction of sp³-hybridized carbons (Fsp3) is 0.325. The van der Waals surface area contributed by atoms with Gasteiger partial charge in [-0.2, -0.15) is 0 Å². The summed E-state index contributed by atoms with van der Waals surface area (Å²) in [6, 6.07) is 24.4. The number of H-pyrrole nitrogens is 2. The summed E-state index contributed by atoms with van der Waals surface area (Å²) in [7, 11) is 1.56. The number of carbonyl (C=O) groups is 4. The standard InChI is InChI=1S/C40H42ClN7O4/c1-42-39(51)33(14-8-11-25-9-4-2-5-10-25)46-38(50)32-24-47(36(49)17-27-19-43-34-18-29(41)15-16-30(27)34)21-28-22-48(23-31(28)32)40(52)35-20-44-37(45-35)26-12-6-3-7-13-26/h2-7,9-10,12-13,15-16,18-20,28,31-33,43H,8,11,14,17,21-24H2,1H3,(H,42,51)(H,44,45)(H,46,50)/t28?,31?,32?,33-/m0/s1. The maximum Gasteiger partial charge on any atom is 0.271 e. The third-order valence-electron chi connectivity index (χ3n) is 10.5. The highest BCUT2D eigenvalue weighted by molar-refractivity contribution is 6.31. The molecule has 12 heteroatoms. The number of benzene rings is 3. The number of amides is 4. The number of hydrogen-bond donors (Lipinski definition) is 4. The fourth-order valence-electron chi connectivity index (χ4n) is 7.72. The molecule has 4 atom stereocenters. The number of piperidine rings is 1. The summed E-state index contributed by atoms with van der Waals surface area (Å²) in [6.07, 6.45) is 5.46. The number of halogens is 1. The number of fused-ring (bicyclic) bond motifs is 2. The molecule has 5 aromatic rings. The monoisotopic (exact) mass is 719 g/mol. The maximum absolute atomic E-state index is 14.2. The molecule has 2 aromatic heterocycles. The van der Waals surface area contributed by atoms with Gasteiger partial charge in [0.25, 0.3) is 5.91 Å². The van der Waals surface area contributed by atoms with Gasteiger partial charge in [0.15, 0.2) is 0 Å². The van der Waals surface area contributed by atoms with Crippen molar-refractivity contribution >= 4 is 46.1 Å². The van der Waals surface area contributed by atoms with Crippen molar-refractivity contribution in [1.82, 2.24) is 35.4 Å². The highest BCUT2D eigenvalue weighted by Crippen LogP contribution is 2.37. The molecule has 3 aromatic carbocycles. The summed E-state index contributed by atoms with van der Waals surface area (Å²) >= 11 is 6.18. The largest absolute Gasteiger partial charge is 0.361 e. The minimum absolute atomic E-state index is 0.108. The molecule has 2 fully saturated rings. The molecule has 0 aliphatic carbocycles. The SMILES string of the molecule is CNC(=O)[C@H](CCCc1ccccc1)NC(=O)C1CN(C(=O)Cc2c[nH]c3cc(Cl)ccc23)CC2CN(C(=O)c3cnc(-c4ccccc4)[nH]3)CC21. The van der Waals surface area contributed by atoms with Gasteiger partial charge in [-0.25, -0.2) is 4.98 Å². The lowest BCUT2D eigenvalue weighted by molar-refractivity contribution is -0.140. The summed E-state index contributed by atoms with van der Waals surface area (Å²) in [5.41, 5.74) is 4.09. The third-order valence-corrected chi connectivity index (χ3v) is 10.7. The lowest BCUT2D eigenvalue weighted by atomic mass is 9.79. The van der Waals surface area contributed by atoms with Gasteiger partial charge in [-0.3, -0.25) is 19.2 Å². The number of aryl methyl sites for hydroxylation is 1. The summed E-state index contributed by atoms with van der Waals surface area (Å²) in [5.74, 6) is -1.22. The molecule has 0 radical (unpaired) electrons. The van der Waals surface area contributed by atoms with Gasteiger partial charge in [0.05, 0.1) is 18.5 Å². The lowest BCUT2D eigenvalue weighted by Crippen LogP contribution is -2.56. The summed E-state index contributed by atoms with van der Waals surface area (Å²) < 4.78 is 0. The average molecular weight is 720 g/mol. The fourth-order valence-corrected chi connectivity index (χ4v) is 7.89. The number of rotatable bonds is 11. The molecule has 0 spiro atoms. The Bertz CT molecular complexity index is 2060. The predicted octanol–water partition coefficient (Wildman–Crippen LogP) is 4.85. The van der Waals surface area contributed by atoms with E-state index >= 15 is 0 Å². The van der Waals surface area contributed by atoms with Crippen molar-refractivity contribution < 1.29 is 19.2 Å². The van der Waals surface area contributed by atoms with Crippen LogP contribution in [0, 0.1) is 17.8 Å². The van der Waals surface area contributed by atoms with Crippen LogP contribution in [-0.4, -0.2) is 87.6 Å². The van der Waals surface area contributed by atoms with Crippen LogP contribution in [0.3, 0.4) is 0 Å². The van der Waals surface area contributed by atoms with Crippen molar-refractivity contribution in [1.29, 1.82) is 0 Å². The van der Waals surface area contributed by atoms with Gasteiger partial charge in [-0.05, 0) is 54.4 Å². The van der Waals surface area contributed by atoms with E-state index in [2.05, 4.69) is 25.6 Å². The molecule has 7 rings (SSSR count). The first kappa shape index (κ1) is 35.0. The zero-order valence-corrected chi connectivity index (χ0v) is 29.7. The third kappa shape index (κ3) is 7.60. The number of nitrogens with zero attached hydrogens (tertiary/aromatic N) is 3. The first-order valence-corrected chi connectivity index (χ1v) is 18.1. The second kappa shape index (κ2) is 15.4. The Morgan fingerprint density at radius 3 is 2.46 bits per heavy atom. The van der Waals surface area contributed by atoms with Crippen LogP contribution in [0.5, 0.6) is 0 Å². The Labute approximate surface area is 307 Å². The molecule has 2 aliphatic rings. The second-order valence-corrected chi connectivity index (χ2v) is 14.2. The van der Waals surface area contributed by atoms with Crippen LogP contribution in [0.15, 0.2) is 91.3 Å². The quantitative estimate of drug-likeness (QED) is 0.154. The number of aromatic nitrogens is 3. The van der Waals surface area contributed by atoms with Crippen LogP contribution in [0.25, 0.3) is 22.3 Å². The van der Waals surface area contributed by atoms with Crippen LogP contribution in [0.1, 0.15) is 34.5 Å². The van der Waals surface area contributed by atoms with Gasteiger partial charge in [0, 0.05) is 60.9 Å². The van der Waals surface area contributed by atoms with E-state index in [1.54, 1.807) is 29.1 Å². The number of carbonyl (C=O) groups excluding carboxylic acids is 4. The van der Waals surface area contributed by atoms with Crippen LogP contribution >= 0.6 is 11.6 Å². The number of imidazole rings is 1. The van der Waals surface area contributed by atoms with Gasteiger partial charge >= 0.3 is 0 Å². The first-order valence-electron chi connectivity index (χ1n) is 17.8. The van der Waals surface area contributed by atoms with E-state index in [1.165, 1.54) is 0 Å². The van der Waals surface area contributed by atoms with Crippen molar-refractivity contribution in [2.24, 2.45) is 17.8 Å². The molecule has 0 bridgehead atoms. The molecule has 2 aliphatic heterocycles. The van der Waals surface area contributed by atoms with E-state index in [0.29, 0.717) is 49.0 Å². The zero-order chi connectivity index (χ0) is 36.2. The molecule has 2 saturated heterocycles. The van der Waals surface area contributed by atoms with Gasteiger partial charge in [-0.1, -0.05) is 78.3 Å². The molecule has 52 heavy (non-hydrogen) atoms. The van der Waals surface area contributed by atoms with Crippen LogP contribution in [0.4, 0.5) is 0 Å². The Balaban J connectivity index is 1.10. The van der Waals surface area contributed by atoms with E-state index in [9.17, 15) is 19.2 Å². The molecule has 3 unspecified atom stereocenters. The lowest BCUT2D eigenvalue weighted by Gasteiger charge is -2.40. The Kier molecular flexibility index (Phi) is 10.4. The normalized spacial score (nSPS) is 18.9. The Morgan fingerprint density at radius 1 is 0.942 bits per heavy atom. The van der Waals surface area contributed by atoms with E-state index in [4.69, 9.17) is 11.6 Å². The highest BCUT2D eigenvalue weighted by Gasteiger charge is 2.48. The van der Waals surface area contributed by atoms with E-state index in [1.807, 2.05) is 79.0 Å². The second-order valence-electron chi connectivity index (χ2n) is 13.8. The zero-order valence-electron chi connectivity index (χ0n) is 29.0. The van der Waals surface area contributed by atoms with Crippen molar-refractivity contribution in [3.05, 3.63) is 113 Å². The van der Waals surface area contributed by atoms with Gasteiger partial charge in [-0.15, -0.1) is 0 Å². The minimum Gasteiger partial charge on any atom is -0.361 e. The van der Waals surface area contributed by atoms with Crippen LogP contribution in [-0.2, 0) is 27.2 Å². The molecule has 0 saturated carbocycles. The van der Waals surface area contributed by atoms with Gasteiger partial charge in [0.1, 0.15) is 17.6 Å². The summed E-state index contributed by atoms with van der Waals surface area (Å²) in [5, 5.41) is 7.26. The molecular formula is C40H42ClN7O4.